The Balaban J connectivity index is 1.55. The molecule has 0 aromatic heterocycles. The molecular formula is C33H29OP3. The van der Waals surface area contributed by atoms with Gasteiger partial charge in [0.25, 0.3) is 0 Å². The fraction of sp³-hybridized carbons (Fsp3) is 0.0909. The van der Waals surface area contributed by atoms with Crippen molar-refractivity contribution in [3.05, 3.63) is 139 Å². The first-order valence-electron chi connectivity index (χ1n) is 12.5. The molecule has 2 atom stereocenters. The number of benzene rings is 5. The first kappa shape index (κ1) is 24.5. The van der Waals surface area contributed by atoms with E-state index in [1.807, 2.05) is 0 Å². The number of para-hydroxylation sites is 2. The van der Waals surface area contributed by atoms with Crippen molar-refractivity contribution in [1.29, 1.82) is 0 Å². The smallest absolute Gasteiger partial charge is 0.139 e. The average Bonchev–Trinajstić information content (AvgIpc) is 2.95. The predicted molar refractivity (Wildman–Crippen MR) is 166 cm³/mol. The molecule has 0 amide bonds. The lowest BCUT2D eigenvalue weighted by Gasteiger charge is -2.38. The van der Waals surface area contributed by atoms with E-state index in [9.17, 15) is 0 Å². The highest BCUT2D eigenvalue weighted by atomic mass is 32.0. The molecule has 1 aliphatic heterocycles. The van der Waals surface area contributed by atoms with Gasteiger partial charge in [0.15, 0.2) is 0 Å². The summed E-state index contributed by atoms with van der Waals surface area (Å²) in [5.74, 6) is 2.04. The molecule has 0 radical (unpaired) electrons. The Kier molecular flexibility index (Phi) is 6.73. The van der Waals surface area contributed by atoms with Crippen molar-refractivity contribution in [3.8, 4) is 11.5 Å². The summed E-state index contributed by atoms with van der Waals surface area (Å²) < 4.78 is 7.06. The van der Waals surface area contributed by atoms with E-state index in [1.54, 1.807) is 0 Å². The molecule has 0 fully saturated rings. The van der Waals surface area contributed by atoms with E-state index in [1.165, 1.54) is 37.6 Å². The van der Waals surface area contributed by atoms with Crippen molar-refractivity contribution in [2.24, 2.45) is 0 Å². The Bertz CT molecular complexity index is 1490. The molecule has 0 saturated heterocycles. The van der Waals surface area contributed by atoms with E-state index in [0.717, 1.165) is 11.5 Å². The van der Waals surface area contributed by atoms with Gasteiger partial charge in [0.05, 0.1) is 0 Å². The Hall–Kier alpha value is -2.81. The first-order valence-corrected chi connectivity index (χ1v) is 16.8. The Morgan fingerprint density at radius 3 is 1.46 bits per heavy atom. The second-order valence-electron chi connectivity index (χ2n) is 9.75. The van der Waals surface area contributed by atoms with Crippen molar-refractivity contribution in [1.82, 2.24) is 0 Å². The van der Waals surface area contributed by atoms with Gasteiger partial charge < -0.3 is 4.74 Å². The Labute approximate surface area is 224 Å². The molecule has 0 saturated carbocycles. The molecule has 6 rings (SSSR count). The average molecular weight is 535 g/mol. The van der Waals surface area contributed by atoms with Gasteiger partial charge in [0.2, 0.25) is 0 Å². The van der Waals surface area contributed by atoms with Crippen LogP contribution in [0.1, 0.15) is 25.0 Å². The number of fused-ring (bicyclic) bond motifs is 2. The van der Waals surface area contributed by atoms with E-state index < -0.39 is 15.5 Å². The zero-order valence-electron chi connectivity index (χ0n) is 21.0. The SMILES string of the molecule is CC1(C)c2cccc(P(P)c3ccccc3)c2Oc2c(P(c3ccccc3)c3ccccc3)cccc21. The summed E-state index contributed by atoms with van der Waals surface area (Å²) in [6, 6.07) is 45.9. The second-order valence-corrected chi connectivity index (χ2v) is 15.2. The molecular weight excluding hydrogens is 505 g/mol. The number of hydrogen-bond acceptors (Lipinski definition) is 1. The molecule has 1 nitrogen and oxygen atoms in total. The molecule has 0 aliphatic carbocycles. The van der Waals surface area contributed by atoms with Gasteiger partial charge >= 0.3 is 0 Å². The number of rotatable bonds is 5. The van der Waals surface area contributed by atoms with Crippen LogP contribution in [0.3, 0.4) is 0 Å². The zero-order chi connectivity index (χ0) is 25.4. The second kappa shape index (κ2) is 10.2. The molecule has 1 aliphatic rings. The minimum atomic E-state index is -0.785. The van der Waals surface area contributed by atoms with E-state index >= 15 is 0 Å². The molecule has 0 spiro atoms. The van der Waals surface area contributed by atoms with Crippen LogP contribution in [0.15, 0.2) is 127 Å². The van der Waals surface area contributed by atoms with Crippen LogP contribution >= 0.6 is 24.5 Å². The zero-order valence-corrected chi connectivity index (χ0v) is 23.9. The normalized spacial score (nSPS) is 14.4. The molecule has 0 bridgehead atoms. The molecule has 5 aromatic rings. The molecule has 4 heteroatoms. The van der Waals surface area contributed by atoms with Crippen LogP contribution in [0.2, 0.25) is 0 Å². The van der Waals surface area contributed by atoms with E-state index in [4.69, 9.17) is 4.74 Å². The topological polar surface area (TPSA) is 9.23 Å². The third-order valence-electron chi connectivity index (χ3n) is 7.10. The summed E-state index contributed by atoms with van der Waals surface area (Å²) >= 11 is 0. The summed E-state index contributed by atoms with van der Waals surface area (Å²) in [6.07, 6.45) is 0. The summed E-state index contributed by atoms with van der Waals surface area (Å²) in [5.41, 5.74) is 2.33. The lowest BCUT2D eigenvalue weighted by atomic mass is 9.76. The van der Waals surface area contributed by atoms with Crippen LogP contribution in [0.25, 0.3) is 0 Å². The number of ether oxygens (including phenoxy) is 1. The van der Waals surface area contributed by atoms with Crippen molar-refractivity contribution in [3.63, 3.8) is 0 Å². The minimum Gasteiger partial charge on any atom is -0.455 e. The summed E-state index contributed by atoms with van der Waals surface area (Å²) in [6.45, 7) is 4.67. The van der Waals surface area contributed by atoms with Gasteiger partial charge in [-0.05, 0) is 31.4 Å². The van der Waals surface area contributed by atoms with Gasteiger partial charge in [-0.3, -0.25) is 0 Å². The lowest BCUT2D eigenvalue weighted by molar-refractivity contribution is 0.425. The Morgan fingerprint density at radius 2 is 0.946 bits per heavy atom. The van der Waals surface area contributed by atoms with E-state index in [-0.39, 0.29) is 5.41 Å². The molecule has 182 valence electrons. The van der Waals surface area contributed by atoms with Crippen molar-refractivity contribution in [2.75, 3.05) is 0 Å². The van der Waals surface area contributed by atoms with Crippen LogP contribution in [0.4, 0.5) is 0 Å². The van der Waals surface area contributed by atoms with Crippen molar-refractivity contribution < 1.29 is 4.74 Å². The highest BCUT2D eigenvalue weighted by Crippen LogP contribution is 2.53. The van der Waals surface area contributed by atoms with E-state index in [2.05, 4.69) is 150 Å². The molecule has 0 N–H and O–H groups in total. The Morgan fingerprint density at radius 1 is 0.514 bits per heavy atom. The maximum atomic E-state index is 7.06. The third-order valence-corrected chi connectivity index (χ3v) is 13.0. The fourth-order valence-corrected chi connectivity index (χ4v) is 10.1. The predicted octanol–water partition coefficient (Wildman–Crippen LogP) is 7.10. The monoisotopic (exact) mass is 534 g/mol. The number of hydrogen-bond donors (Lipinski definition) is 0. The molecule has 2 unspecified atom stereocenters. The van der Waals surface area contributed by atoms with Gasteiger partial charge in [-0.25, -0.2) is 0 Å². The molecule has 37 heavy (non-hydrogen) atoms. The quantitative estimate of drug-likeness (QED) is 0.219. The van der Waals surface area contributed by atoms with Crippen molar-refractivity contribution in [2.45, 2.75) is 19.3 Å². The maximum absolute atomic E-state index is 7.06. The van der Waals surface area contributed by atoms with Crippen molar-refractivity contribution >= 4 is 51.0 Å². The fourth-order valence-electron chi connectivity index (χ4n) is 5.17. The maximum Gasteiger partial charge on any atom is 0.139 e. The van der Waals surface area contributed by atoms with Gasteiger partial charge in [-0.1, -0.05) is 141 Å². The van der Waals surface area contributed by atoms with Crippen LogP contribution in [-0.2, 0) is 5.41 Å². The van der Waals surface area contributed by atoms with Gasteiger partial charge in [0, 0.05) is 27.2 Å². The van der Waals surface area contributed by atoms with Crippen LogP contribution in [0, 0.1) is 0 Å². The standard InChI is InChI=1S/C33H29OP3/c1-33(2)27-20-12-22-29(36(24-14-6-3-7-15-24)25-16-8-4-9-17-25)31(27)34-32-28(33)21-13-23-30(32)37(35)26-18-10-5-11-19-26/h3-23H,35H2,1-2H3. The highest BCUT2D eigenvalue weighted by molar-refractivity contribution is 8.21. The van der Waals surface area contributed by atoms with E-state index in [0.29, 0.717) is 0 Å². The summed E-state index contributed by atoms with van der Waals surface area (Å²) in [7, 11) is 1.69. The third kappa shape index (κ3) is 4.45. The largest absolute Gasteiger partial charge is 0.455 e. The lowest BCUT2D eigenvalue weighted by Crippen LogP contribution is -2.31. The van der Waals surface area contributed by atoms with Gasteiger partial charge in [-0.2, -0.15) is 0 Å². The summed E-state index contributed by atoms with van der Waals surface area (Å²) in [4.78, 5) is 0. The highest BCUT2D eigenvalue weighted by Gasteiger charge is 2.38. The molecule has 1 heterocycles. The van der Waals surface area contributed by atoms with Crippen LogP contribution in [-0.4, -0.2) is 0 Å². The van der Waals surface area contributed by atoms with Gasteiger partial charge in [-0.15, -0.1) is 8.93 Å². The van der Waals surface area contributed by atoms with Crippen LogP contribution < -0.4 is 31.3 Å². The molecule has 5 aromatic carbocycles. The first-order chi connectivity index (χ1) is 18.1. The van der Waals surface area contributed by atoms with Crippen LogP contribution in [0.5, 0.6) is 11.5 Å². The minimum absolute atomic E-state index is 0.180. The summed E-state index contributed by atoms with van der Waals surface area (Å²) in [5, 5.41) is 6.52. The van der Waals surface area contributed by atoms with Gasteiger partial charge in [0.1, 0.15) is 11.5 Å².